The van der Waals surface area contributed by atoms with Crippen LogP contribution in [-0.2, 0) is 35.2 Å². The van der Waals surface area contributed by atoms with Crippen molar-refractivity contribution in [2.75, 3.05) is 27.1 Å². The van der Waals surface area contributed by atoms with E-state index in [1.54, 1.807) is 7.11 Å². The molecule has 0 aromatic heterocycles. The lowest BCUT2D eigenvalue weighted by molar-refractivity contribution is -0.00889. The molecule has 0 spiro atoms. The molecular weight excluding hydrogens is 330 g/mol. The quantitative estimate of drug-likeness (QED) is 0.241. The van der Waals surface area contributed by atoms with E-state index in [-0.39, 0.29) is 6.79 Å². The molecule has 4 aliphatic rings. The Labute approximate surface area is 153 Å². The Morgan fingerprint density at radius 2 is 1.69 bits per heavy atom. The summed E-state index contributed by atoms with van der Waals surface area (Å²) in [6.07, 6.45) is 3.38. The van der Waals surface area contributed by atoms with Crippen molar-refractivity contribution in [3.05, 3.63) is 69.1 Å². The first-order valence-corrected chi connectivity index (χ1v) is 8.78. The number of nitrogens with zero attached hydrogens (tertiary/aromatic N) is 3. The Kier molecular flexibility index (Phi) is 6.50. The average molecular weight is 353 g/mol. The lowest BCUT2D eigenvalue weighted by atomic mass is 9.95. The SMILES string of the molecule is COCCOCOc1cc2ccc1CCc1ccc(c(N=[N+]=[N-])c1)CC2. The van der Waals surface area contributed by atoms with Crippen LogP contribution < -0.4 is 4.74 Å². The molecule has 0 saturated heterocycles. The zero-order chi connectivity index (χ0) is 18.2. The first-order chi connectivity index (χ1) is 12.8. The maximum atomic E-state index is 8.82. The lowest BCUT2D eigenvalue weighted by Crippen LogP contribution is -2.09. The highest BCUT2D eigenvalue weighted by atomic mass is 16.7. The van der Waals surface area contributed by atoms with E-state index in [4.69, 9.17) is 19.7 Å². The molecule has 2 aromatic rings. The van der Waals surface area contributed by atoms with E-state index in [2.05, 4.69) is 40.4 Å². The predicted octanol–water partition coefficient (Wildman–Crippen LogP) is 4.51. The maximum absolute atomic E-state index is 8.82. The van der Waals surface area contributed by atoms with Gasteiger partial charge in [-0.1, -0.05) is 29.4 Å². The standard InChI is InChI=1S/C20H23N3O3/c1-24-10-11-25-14-26-20-13-16-3-7-17-6-2-15(12-19(17)22-23-21)4-8-18(20)9-5-16/h2,5-6,9,12-13H,3-4,7-8,10-11,14H2,1H3. The number of benzene rings is 2. The fourth-order valence-corrected chi connectivity index (χ4v) is 3.08. The van der Waals surface area contributed by atoms with Crippen molar-refractivity contribution in [2.24, 2.45) is 5.11 Å². The average Bonchev–Trinajstić information content (AvgIpc) is 2.65. The molecule has 0 heterocycles. The molecule has 0 atom stereocenters. The fourth-order valence-electron chi connectivity index (χ4n) is 3.08. The van der Waals surface area contributed by atoms with Crippen LogP contribution in [-0.4, -0.2) is 27.1 Å². The van der Waals surface area contributed by atoms with Crippen LogP contribution >= 0.6 is 0 Å². The van der Waals surface area contributed by atoms with Gasteiger partial charge in [-0.2, -0.15) is 0 Å². The van der Waals surface area contributed by atoms with Gasteiger partial charge in [-0.3, -0.25) is 0 Å². The van der Waals surface area contributed by atoms with Crippen molar-refractivity contribution in [3.63, 3.8) is 0 Å². The van der Waals surface area contributed by atoms with Gasteiger partial charge < -0.3 is 14.2 Å². The van der Waals surface area contributed by atoms with Crippen LogP contribution in [0.4, 0.5) is 5.69 Å². The summed E-state index contributed by atoms with van der Waals surface area (Å²) in [6.45, 7) is 1.29. The van der Waals surface area contributed by atoms with Gasteiger partial charge in [0.05, 0.1) is 13.2 Å². The monoisotopic (exact) mass is 353 g/mol. The van der Waals surface area contributed by atoms with E-state index in [9.17, 15) is 0 Å². The summed E-state index contributed by atoms with van der Waals surface area (Å²) in [5, 5.41) is 3.87. The van der Waals surface area contributed by atoms with Gasteiger partial charge in [0, 0.05) is 17.7 Å². The van der Waals surface area contributed by atoms with E-state index in [0.717, 1.165) is 53.8 Å². The van der Waals surface area contributed by atoms with Gasteiger partial charge in [0.2, 0.25) is 0 Å². The van der Waals surface area contributed by atoms with Crippen LogP contribution in [0.5, 0.6) is 5.75 Å². The molecule has 4 aliphatic carbocycles. The molecule has 0 aliphatic heterocycles. The molecule has 0 saturated carbocycles. The topological polar surface area (TPSA) is 76.5 Å². The minimum Gasteiger partial charge on any atom is -0.467 e. The van der Waals surface area contributed by atoms with Crippen molar-refractivity contribution in [1.82, 2.24) is 0 Å². The van der Waals surface area contributed by atoms with Crippen LogP contribution in [0.15, 0.2) is 41.5 Å². The highest BCUT2D eigenvalue weighted by Gasteiger charge is 2.11. The summed E-state index contributed by atoms with van der Waals surface area (Å²) in [7, 11) is 1.65. The van der Waals surface area contributed by atoms with Gasteiger partial charge in [0.1, 0.15) is 5.75 Å². The second-order valence-electron chi connectivity index (χ2n) is 6.26. The molecule has 136 valence electrons. The number of methoxy groups -OCH3 is 1. The third kappa shape index (κ3) is 4.76. The van der Waals surface area contributed by atoms with Gasteiger partial charge in [-0.15, -0.1) is 0 Å². The molecule has 0 fully saturated rings. The second kappa shape index (κ2) is 9.25. The summed E-state index contributed by atoms with van der Waals surface area (Å²) in [4.78, 5) is 2.97. The van der Waals surface area contributed by atoms with Crippen LogP contribution in [0.3, 0.4) is 0 Å². The molecule has 0 unspecified atom stereocenters. The molecule has 2 aromatic carbocycles. The van der Waals surface area contributed by atoms with E-state index in [1.165, 1.54) is 5.56 Å². The smallest absolute Gasteiger partial charge is 0.189 e. The minimum absolute atomic E-state index is 0.217. The van der Waals surface area contributed by atoms with Crippen molar-refractivity contribution >= 4 is 5.69 Å². The molecule has 0 N–H and O–H groups in total. The third-order valence-corrected chi connectivity index (χ3v) is 4.53. The lowest BCUT2D eigenvalue weighted by Gasteiger charge is -2.16. The Morgan fingerprint density at radius 1 is 0.962 bits per heavy atom. The number of hydrogen-bond donors (Lipinski definition) is 0. The van der Waals surface area contributed by atoms with Gasteiger partial charge >= 0.3 is 0 Å². The van der Waals surface area contributed by atoms with E-state index in [0.29, 0.717) is 13.2 Å². The first-order valence-electron chi connectivity index (χ1n) is 8.78. The molecule has 0 amide bonds. The predicted molar refractivity (Wildman–Crippen MR) is 99.8 cm³/mol. The molecule has 0 radical (unpaired) electrons. The number of hydrogen-bond acceptors (Lipinski definition) is 4. The Bertz CT molecular complexity index is 801. The fraction of sp³-hybridized carbons (Fsp3) is 0.400. The van der Waals surface area contributed by atoms with Crippen LogP contribution in [0.25, 0.3) is 10.4 Å². The van der Waals surface area contributed by atoms with Crippen LogP contribution in [0, 0.1) is 0 Å². The molecular formula is C20H23N3O3. The van der Waals surface area contributed by atoms with Crippen LogP contribution in [0.1, 0.15) is 22.3 Å². The second-order valence-corrected chi connectivity index (χ2v) is 6.26. The molecule has 26 heavy (non-hydrogen) atoms. The van der Waals surface area contributed by atoms with E-state index >= 15 is 0 Å². The van der Waals surface area contributed by atoms with Gasteiger partial charge in [0.15, 0.2) is 6.79 Å². The zero-order valence-corrected chi connectivity index (χ0v) is 15.0. The highest BCUT2D eigenvalue weighted by Crippen LogP contribution is 2.28. The Balaban J connectivity index is 1.78. The minimum atomic E-state index is 0.217. The van der Waals surface area contributed by atoms with Crippen molar-refractivity contribution in [3.8, 4) is 5.75 Å². The Hall–Kier alpha value is -2.53. The summed E-state index contributed by atoms with van der Waals surface area (Å²) in [5.74, 6) is 0.880. The first kappa shape index (κ1) is 18.3. The van der Waals surface area contributed by atoms with Crippen molar-refractivity contribution in [2.45, 2.75) is 25.7 Å². The van der Waals surface area contributed by atoms with E-state index in [1.807, 2.05) is 6.07 Å². The Morgan fingerprint density at radius 3 is 2.46 bits per heavy atom. The summed E-state index contributed by atoms with van der Waals surface area (Å²) >= 11 is 0. The molecule has 6 rings (SSSR count). The van der Waals surface area contributed by atoms with Gasteiger partial charge in [0.25, 0.3) is 0 Å². The molecule has 6 heteroatoms. The summed E-state index contributed by atoms with van der Waals surface area (Å²) < 4.78 is 16.3. The summed E-state index contributed by atoms with van der Waals surface area (Å²) in [5.41, 5.74) is 14.1. The summed E-state index contributed by atoms with van der Waals surface area (Å²) in [6, 6.07) is 12.6. The third-order valence-electron chi connectivity index (χ3n) is 4.53. The number of ether oxygens (including phenoxy) is 3. The van der Waals surface area contributed by atoms with Crippen molar-refractivity contribution in [1.29, 1.82) is 0 Å². The number of rotatable bonds is 7. The zero-order valence-electron chi connectivity index (χ0n) is 15.0. The molecule has 4 bridgehead atoms. The molecule has 6 nitrogen and oxygen atoms in total. The van der Waals surface area contributed by atoms with Gasteiger partial charge in [-0.25, -0.2) is 0 Å². The number of azide groups is 1. The van der Waals surface area contributed by atoms with Gasteiger partial charge in [-0.05, 0) is 65.6 Å². The number of aryl methyl sites for hydroxylation is 4. The van der Waals surface area contributed by atoms with Crippen molar-refractivity contribution < 1.29 is 14.2 Å². The highest BCUT2D eigenvalue weighted by molar-refractivity contribution is 5.50. The maximum Gasteiger partial charge on any atom is 0.189 e. The normalized spacial score (nSPS) is 13.0. The largest absolute Gasteiger partial charge is 0.467 e. The van der Waals surface area contributed by atoms with Crippen LogP contribution in [0.2, 0.25) is 0 Å². The van der Waals surface area contributed by atoms with E-state index < -0.39 is 0 Å².